The molecule has 12 heavy (non-hydrogen) atoms. The first kappa shape index (κ1) is 8.72. The Balaban J connectivity index is 3.18. The van der Waals surface area contributed by atoms with Gasteiger partial charge in [0, 0.05) is 5.70 Å². The zero-order chi connectivity index (χ0) is 9.35. The van der Waals surface area contributed by atoms with Crippen LogP contribution in [0.1, 0.15) is 6.92 Å². The summed E-state index contributed by atoms with van der Waals surface area (Å²) in [5.41, 5.74) is 4.90. The van der Waals surface area contributed by atoms with E-state index in [1.807, 2.05) is 0 Å². The summed E-state index contributed by atoms with van der Waals surface area (Å²) in [6.07, 6.45) is 1.27. The van der Waals surface area contributed by atoms with E-state index in [0.717, 1.165) is 0 Å². The number of carbonyl (C=O) groups excluding carboxylic acids is 1. The van der Waals surface area contributed by atoms with E-state index in [9.17, 15) is 13.2 Å². The molecule has 0 bridgehead atoms. The quantitative estimate of drug-likeness (QED) is 0.534. The third kappa shape index (κ3) is 1.82. The molecule has 0 atom stereocenters. The van der Waals surface area contributed by atoms with Gasteiger partial charge in [0.2, 0.25) is 0 Å². The Kier molecular flexibility index (Phi) is 1.89. The van der Waals surface area contributed by atoms with Crippen molar-refractivity contribution in [3.8, 4) is 0 Å². The normalized spacial score (nSPS) is 20.4. The van der Waals surface area contributed by atoms with Crippen molar-refractivity contribution < 1.29 is 13.2 Å². The van der Waals surface area contributed by atoms with Gasteiger partial charge in [-0.3, -0.25) is 9.52 Å². The van der Waals surface area contributed by atoms with Crippen LogP contribution in [0.5, 0.6) is 0 Å². The molecule has 7 heteroatoms. The average Bonchev–Trinajstić information content (AvgIpc) is 1.82. The third-order valence-corrected chi connectivity index (χ3v) is 2.13. The van der Waals surface area contributed by atoms with Crippen molar-refractivity contribution in [2.75, 3.05) is 0 Å². The molecule has 0 fully saturated rings. The van der Waals surface area contributed by atoms with E-state index in [1.165, 1.54) is 13.0 Å². The van der Waals surface area contributed by atoms with Crippen LogP contribution in [-0.4, -0.2) is 20.0 Å². The van der Waals surface area contributed by atoms with Gasteiger partial charge >= 0.3 is 10.2 Å². The molecule has 0 unspecified atom stereocenters. The van der Waals surface area contributed by atoms with Crippen LogP contribution in [0.4, 0.5) is 0 Å². The van der Waals surface area contributed by atoms with Crippen molar-refractivity contribution in [1.82, 2.24) is 4.72 Å². The number of primary amides is 1. The Hall–Kier alpha value is -1.37. The largest absolute Gasteiger partial charge is 0.364 e. The van der Waals surface area contributed by atoms with Gasteiger partial charge in [-0.15, -0.1) is 4.40 Å². The summed E-state index contributed by atoms with van der Waals surface area (Å²) >= 11 is 0. The highest BCUT2D eigenvalue weighted by atomic mass is 32.2. The van der Waals surface area contributed by atoms with Crippen LogP contribution < -0.4 is 10.5 Å². The number of allylic oxidation sites excluding steroid dienone is 1. The smallest absolute Gasteiger partial charge is 0.342 e. The Labute approximate surface area is 69.3 Å². The molecule has 0 aromatic rings. The number of hydrogen-bond donors (Lipinski definition) is 2. The molecule has 1 aliphatic rings. The van der Waals surface area contributed by atoms with Gasteiger partial charge in [-0.1, -0.05) is 0 Å². The lowest BCUT2D eigenvalue weighted by Gasteiger charge is -2.09. The second-order valence-electron chi connectivity index (χ2n) is 2.25. The molecular formula is C5H7N3O3S. The standard InChI is InChI=1S/C5H7N3O3S/c1-3-2-4(5(6)9)8-12(10,11)7-3/h2,7H,1H3,(H2,6,9). The molecule has 66 valence electrons. The molecule has 0 saturated carbocycles. The lowest BCUT2D eigenvalue weighted by molar-refractivity contribution is -0.111. The minimum atomic E-state index is -3.76. The predicted octanol–water partition coefficient (Wildman–Crippen LogP) is -1.34. The van der Waals surface area contributed by atoms with Crippen LogP contribution in [0.2, 0.25) is 0 Å². The summed E-state index contributed by atoms with van der Waals surface area (Å²) < 4.78 is 26.8. The van der Waals surface area contributed by atoms with Crippen molar-refractivity contribution in [2.45, 2.75) is 6.92 Å². The highest BCUT2D eigenvalue weighted by molar-refractivity contribution is 7.88. The molecular weight excluding hydrogens is 182 g/mol. The van der Waals surface area contributed by atoms with Gasteiger partial charge < -0.3 is 5.73 Å². The van der Waals surface area contributed by atoms with Gasteiger partial charge in [-0.2, -0.15) is 8.42 Å². The maximum Gasteiger partial charge on any atom is 0.342 e. The monoisotopic (exact) mass is 189 g/mol. The van der Waals surface area contributed by atoms with Crippen LogP contribution >= 0.6 is 0 Å². The van der Waals surface area contributed by atoms with Crippen LogP contribution in [0.3, 0.4) is 0 Å². The number of nitrogens with two attached hydrogens (primary N) is 1. The van der Waals surface area contributed by atoms with Crippen LogP contribution in [0.15, 0.2) is 16.2 Å². The van der Waals surface area contributed by atoms with Crippen molar-refractivity contribution in [3.63, 3.8) is 0 Å². The van der Waals surface area contributed by atoms with Gasteiger partial charge in [-0.25, -0.2) is 0 Å². The molecule has 6 nitrogen and oxygen atoms in total. The molecule has 0 saturated heterocycles. The van der Waals surface area contributed by atoms with Crippen molar-refractivity contribution in [2.24, 2.45) is 10.1 Å². The van der Waals surface area contributed by atoms with Gasteiger partial charge in [0.1, 0.15) is 5.71 Å². The second kappa shape index (κ2) is 2.59. The summed E-state index contributed by atoms with van der Waals surface area (Å²) in [5.74, 6) is -0.862. The molecule has 3 N–H and O–H groups in total. The predicted molar refractivity (Wildman–Crippen MR) is 42.4 cm³/mol. The Morgan fingerprint density at radius 1 is 1.67 bits per heavy atom. The topological polar surface area (TPSA) is 102 Å². The Morgan fingerprint density at radius 2 is 2.25 bits per heavy atom. The highest BCUT2D eigenvalue weighted by Crippen LogP contribution is 2.02. The van der Waals surface area contributed by atoms with Gasteiger partial charge in [0.25, 0.3) is 5.91 Å². The molecule has 1 aliphatic heterocycles. The summed E-state index contributed by atoms with van der Waals surface area (Å²) in [7, 11) is -3.76. The summed E-state index contributed by atoms with van der Waals surface area (Å²) in [6.45, 7) is 1.50. The third-order valence-electron chi connectivity index (χ3n) is 1.11. The second-order valence-corrected chi connectivity index (χ2v) is 3.58. The Morgan fingerprint density at radius 3 is 2.67 bits per heavy atom. The van der Waals surface area contributed by atoms with Crippen LogP contribution in [0.25, 0.3) is 0 Å². The first-order chi connectivity index (χ1) is 5.41. The fourth-order valence-electron chi connectivity index (χ4n) is 0.733. The van der Waals surface area contributed by atoms with Crippen molar-refractivity contribution in [1.29, 1.82) is 0 Å². The summed E-state index contributed by atoms with van der Waals surface area (Å²) in [5, 5.41) is 0. The zero-order valence-corrected chi connectivity index (χ0v) is 7.05. The van der Waals surface area contributed by atoms with Gasteiger partial charge in [0.05, 0.1) is 0 Å². The lowest BCUT2D eigenvalue weighted by atomic mass is 10.3. The van der Waals surface area contributed by atoms with Crippen molar-refractivity contribution >= 4 is 21.8 Å². The number of nitrogens with one attached hydrogen (secondary N) is 1. The SMILES string of the molecule is CC1=CC(C(N)=O)=NS(=O)(=O)N1. The highest BCUT2D eigenvalue weighted by Gasteiger charge is 2.17. The van der Waals surface area contributed by atoms with E-state index >= 15 is 0 Å². The summed E-state index contributed by atoms with van der Waals surface area (Å²) in [4.78, 5) is 10.5. The maximum atomic E-state index is 10.8. The van der Waals surface area contributed by atoms with E-state index in [-0.39, 0.29) is 5.71 Å². The molecule has 0 aliphatic carbocycles. The first-order valence-corrected chi connectivity index (χ1v) is 4.45. The van der Waals surface area contributed by atoms with Gasteiger partial charge in [0.15, 0.2) is 0 Å². The fraction of sp³-hybridized carbons (Fsp3) is 0.200. The molecule has 1 amide bonds. The molecule has 0 spiro atoms. The van der Waals surface area contributed by atoms with Crippen LogP contribution in [-0.2, 0) is 15.0 Å². The lowest BCUT2D eigenvalue weighted by Crippen LogP contribution is -2.31. The van der Waals surface area contributed by atoms with E-state index < -0.39 is 16.1 Å². The molecule has 1 heterocycles. The molecule has 0 aromatic heterocycles. The number of hydrogen-bond acceptors (Lipinski definition) is 3. The number of carbonyl (C=O) groups is 1. The van der Waals surface area contributed by atoms with E-state index in [0.29, 0.717) is 5.70 Å². The molecule has 0 radical (unpaired) electrons. The van der Waals surface area contributed by atoms with E-state index in [2.05, 4.69) is 9.12 Å². The average molecular weight is 189 g/mol. The minimum absolute atomic E-state index is 0.258. The van der Waals surface area contributed by atoms with E-state index in [1.54, 1.807) is 0 Å². The first-order valence-electron chi connectivity index (χ1n) is 3.01. The zero-order valence-electron chi connectivity index (χ0n) is 6.23. The Bertz CT molecular complexity index is 379. The molecule has 0 aromatic carbocycles. The summed E-state index contributed by atoms with van der Waals surface area (Å²) in [6, 6.07) is 0. The number of amides is 1. The van der Waals surface area contributed by atoms with Crippen LogP contribution in [0, 0.1) is 0 Å². The number of rotatable bonds is 1. The van der Waals surface area contributed by atoms with E-state index in [4.69, 9.17) is 5.73 Å². The van der Waals surface area contributed by atoms with Crippen molar-refractivity contribution in [3.05, 3.63) is 11.8 Å². The maximum absolute atomic E-state index is 10.8. The number of nitrogens with zero attached hydrogens (tertiary/aromatic N) is 1. The van der Waals surface area contributed by atoms with Gasteiger partial charge in [-0.05, 0) is 13.0 Å². The minimum Gasteiger partial charge on any atom is -0.364 e. The fourth-order valence-corrected chi connectivity index (χ4v) is 1.65. The molecule has 1 rings (SSSR count).